The van der Waals surface area contributed by atoms with Gasteiger partial charge >= 0.3 is 0 Å². The van der Waals surface area contributed by atoms with Gasteiger partial charge in [-0.1, -0.05) is 30.3 Å². The summed E-state index contributed by atoms with van der Waals surface area (Å²) in [6.07, 6.45) is 1.10. The van der Waals surface area contributed by atoms with Crippen LogP contribution in [0.3, 0.4) is 0 Å². The molecule has 0 aliphatic carbocycles. The molecule has 2 aromatic carbocycles. The fourth-order valence-corrected chi connectivity index (χ4v) is 3.68. The Balaban J connectivity index is 2.14. The molecule has 1 unspecified atom stereocenters. The third-order valence-electron chi connectivity index (χ3n) is 4.12. The van der Waals surface area contributed by atoms with Gasteiger partial charge in [-0.05, 0) is 50.1 Å². The Kier molecular flexibility index (Phi) is 6.85. The summed E-state index contributed by atoms with van der Waals surface area (Å²) in [6.45, 7) is 5.85. The van der Waals surface area contributed by atoms with Crippen LogP contribution in [0.15, 0.2) is 48.5 Å². The lowest BCUT2D eigenvalue weighted by molar-refractivity contribution is -0.120. The lowest BCUT2D eigenvalue weighted by atomic mass is 10.1. The molecule has 7 heteroatoms. The zero-order valence-electron chi connectivity index (χ0n) is 16.1. The number of amides is 1. The summed E-state index contributed by atoms with van der Waals surface area (Å²) in [5.41, 5.74) is 2.17. The number of para-hydroxylation sites is 1. The van der Waals surface area contributed by atoms with Crippen LogP contribution in [-0.2, 0) is 14.8 Å². The van der Waals surface area contributed by atoms with Gasteiger partial charge in [0.05, 0.1) is 24.6 Å². The first-order valence-corrected chi connectivity index (χ1v) is 10.6. The molecule has 27 heavy (non-hydrogen) atoms. The standard InChI is InChI=1S/C20H26N2O4S/c1-5-26-18-11-8-10-17(13-18)16(3)21-20(23)14-22(27(4,24)25)19-12-7-6-9-15(19)2/h6-13,16H,5,14H2,1-4H3,(H,21,23). The fraction of sp³-hybridized carbons (Fsp3) is 0.350. The maximum atomic E-state index is 12.5. The zero-order valence-corrected chi connectivity index (χ0v) is 16.9. The average Bonchev–Trinajstić information content (AvgIpc) is 2.60. The predicted octanol–water partition coefficient (Wildman–Crippen LogP) is 3.04. The molecule has 2 aromatic rings. The number of rotatable bonds is 8. The Morgan fingerprint density at radius 3 is 2.52 bits per heavy atom. The summed E-state index contributed by atoms with van der Waals surface area (Å²) in [4.78, 5) is 12.5. The van der Waals surface area contributed by atoms with Crippen LogP contribution in [0, 0.1) is 6.92 Å². The quantitative estimate of drug-likeness (QED) is 0.752. The third-order valence-corrected chi connectivity index (χ3v) is 5.24. The molecular formula is C20H26N2O4S. The second-order valence-corrected chi connectivity index (χ2v) is 8.26. The molecule has 146 valence electrons. The minimum absolute atomic E-state index is 0.279. The van der Waals surface area contributed by atoms with E-state index in [1.165, 1.54) is 0 Å². The third kappa shape index (κ3) is 5.72. The highest BCUT2D eigenvalue weighted by molar-refractivity contribution is 7.92. The van der Waals surface area contributed by atoms with Crippen LogP contribution in [0.4, 0.5) is 5.69 Å². The van der Waals surface area contributed by atoms with Gasteiger partial charge in [0.25, 0.3) is 0 Å². The van der Waals surface area contributed by atoms with Crippen LogP contribution in [-0.4, -0.2) is 33.7 Å². The van der Waals surface area contributed by atoms with E-state index >= 15 is 0 Å². The van der Waals surface area contributed by atoms with Crippen LogP contribution in [0.25, 0.3) is 0 Å². The molecule has 0 bridgehead atoms. The molecule has 0 aliphatic rings. The molecule has 0 saturated heterocycles. The molecule has 0 saturated carbocycles. The van der Waals surface area contributed by atoms with E-state index in [4.69, 9.17) is 4.74 Å². The van der Waals surface area contributed by atoms with Gasteiger partial charge in [-0.2, -0.15) is 0 Å². The van der Waals surface area contributed by atoms with Gasteiger partial charge in [0, 0.05) is 0 Å². The van der Waals surface area contributed by atoms with Crippen molar-refractivity contribution in [1.29, 1.82) is 0 Å². The van der Waals surface area contributed by atoms with E-state index in [2.05, 4.69) is 5.32 Å². The largest absolute Gasteiger partial charge is 0.494 e. The first kappa shape index (κ1) is 20.8. The van der Waals surface area contributed by atoms with Crippen molar-refractivity contribution in [3.8, 4) is 5.75 Å². The smallest absolute Gasteiger partial charge is 0.241 e. The molecule has 1 N–H and O–H groups in total. The monoisotopic (exact) mass is 390 g/mol. The Bertz CT molecular complexity index is 896. The topological polar surface area (TPSA) is 75.7 Å². The van der Waals surface area contributed by atoms with Gasteiger partial charge in [-0.15, -0.1) is 0 Å². The fourth-order valence-electron chi connectivity index (χ4n) is 2.77. The minimum atomic E-state index is -3.60. The molecule has 0 aromatic heterocycles. The Hall–Kier alpha value is -2.54. The lowest BCUT2D eigenvalue weighted by Crippen LogP contribution is -2.41. The molecule has 1 amide bonds. The van der Waals surface area contributed by atoms with E-state index in [-0.39, 0.29) is 18.5 Å². The van der Waals surface area contributed by atoms with Crippen LogP contribution in [0.5, 0.6) is 5.75 Å². The van der Waals surface area contributed by atoms with Crippen molar-refractivity contribution < 1.29 is 17.9 Å². The van der Waals surface area contributed by atoms with Gasteiger partial charge in [-0.3, -0.25) is 9.10 Å². The molecule has 2 rings (SSSR count). The molecule has 6 nitrogen and oxygen atoms in total. The second kappa shape index (κ2) is 8.90. The van der Waals surface area contributed by atoms with Crippen molar-refractivity contribution in [1.82, 2.24) is 5.32 Å². The van der Waals surface area contributed by atoms with E-state index < -0.39 is 10.0 Å². The maximum Gasteiger partial charge on any atom is 0.241 e. The number of anilines is 1. The molecule has 1 atom stereocenters. The zero-order chi connectivity index (χ0) is 20.0. The number of carbonyl (C=O) groups is 1. The van der Waals surface area contributed by atoms with Crippen molar-refractivity contribution in [2.45, 2.75) is 26.8 Å². The van der Waals surface area contributed by atoms with Crippen LogP contribution >= 0.6 is 0 Å². The van der Waals surface area contributed by atoms with Crippen LogP contribution in [0.2, 0.25) is 0 Å². The van der Waals surface area contributed by atoms with Crippen molar-refractivity contribution in [3.63, 3.8) is 0 Å². The summed E-state index contributed by atoms with van der Waals surface area (Å²) < 4.78 is 31.1. The molecule has 0 aliphatic heterocycles. The number of benzene rings is 2. The van der Waals surface area contributed by atoms with E-state index in [1.807, 2.05) is 57.2 Å². The summed E-state index contributed by atoms with van der Waals surface area (Å²) >= 11 is 0. The Morgan fingerprint density at radius 2 is 1.89 bits per heavy atom. The summed E-state index contributed by atoms with van der Waals surface area (Å²) in [5, 5.41) is 2.86. The lowest BCUT2D eigenvalue weighted by Gasteiger charge is -2.24. The number of hydrogen-bond donors (Lipinski definition) is 1. The van der Waals surface area contributed by atoms with Gasteiger partial charge in [0.1, 0.15) is 12.3 Å². The molecule has 0 heterocycles. The number of ether oxygens (including phenoxy) is 1. The highest BCUT2D eigenvalue weighted by Gasteiger charge is 2.23. The van der Waals surface area contributed by atoms with E-state index in [0.717, 1.165) is 27.4 Å². The number of carbonyl (C=O) groups excluding carboxylic acids is 1. The van der Waals surface area contributed by atoms with Crippen molar-refractivity contribution in [2.24, 2.45) is 0 Å². The number of nitrogens with one attached hydrogen (secondary N) is 1. The SMILES string of the molecule is CCOc1cccc(C(C)NC(=O)CN(c2ccccc2C)S(C)(=O)=O)c1. The van der Waals surface area contributed by atoms with Crippen LogP contribution < -0.4 is 14.4 Å². The van der Waals surface area contributed by atoms with Crippen molar-refractivity contribution >= 4 is 21.6 Å². The Labute approximate surface area is 161 Å². The first-order valence-electron chi connectivity index (χ1n) is 8.77. The first-order chi connectivity index (χ1) is 12.7. The molecule has 0 radical (unpaired) electrons. The number of nitrogens with zero attached hydrogens (tertiary/aromatic N) is 1. The number of hydrogen-bond acceptors (Lipinski definition) is 4. The Morgan fingerprint density at radius 1 is 1.19 bits per heavy atom. The summed E-state index contributed by atoms with van der Waals surface area (Å²) in [6, 6.07) is 14.3. The average molecular weight is 391 g/mol. The van der Waals surface area contributed by atoms with Gasteiger partial charge in [0.15, 0.2) is 0 Å². The van der Waals surface area contributed by atoms with Gasteiger partial charge < -0.3 is 10.1 Å². The molecule has 0 fully saturated rings. The van der Waals surface area contributed by atoms with E-state index in [9.17, 15) is 13.2 Å². The van der Waals surface area contributed by atoms with Crippen molar-refractivity contribution in [2.75, 3.05) is 23.7 Å². The molecular weight excluding hydrogens is 364 g/mol. The predicted molar refractivity (Wildman–Crippen MR) is 108 cm³/mol. The number of aryl methyl sites for hydroxylation is 1. The highest BCUT2D eigenvalue weighted by atomic mass is 32.2. The van der Waals surface area contributed by atoms with Gasteiger partial charge in [0.2, 0.25) is 15.9 Å². The second-order valence-electron chi connectivity index (χ2n) is 6.35. The van der Waals surface area contributed by atoms with E-state index in [1.54, 1.807) is 12.1 Å². The highest BCUT2D eigenvalue weighted by Crippen LogP contribution is 2.22. The number of sulfonamides is 1. The molecule has 0 spiro atoms. The van der Waals surface area contributed by atoms with Crippen LogP contribution in [0.1, 0.15) is 31.0 Å². The van der Waals surface area contributed by atoms with E-state index in [0.29, 0.717) is 12.3 Å². The normalized spacial score (nSPS) is 12.3. The maximum absolute atomic E-state index is 12.5. The van der Waals surface area contributed by atoms with Gasteiger partial charge in [-0.25, -0.2) is 8.42 Å². The van der Waals surface area contributed by atoms with Crippen molar-refractivity contribution in [3.05, 3.63) is 59.7 Å². The summed E-state index contributed by atoms with van der Waals surface area (Å²) in [5.74, 6) is 0.353. The summed E-state index contributed by atoms with van der Waals surface area (Å²) in [7, 11) is -3.60. The minimum Gasteiger partial charge on any atom is -0.494 e.